The number of amides is 4. The molecule has 1 aliphatic rings. The van der Waals surface area contributed by atoms with Gasteiger partial charge >= 0.3 is 6.03 Å². The molecule has 0 unspecified atom stereocenters. The third-order valence-electron chi connectivity index (χ3n) is 4.82. The van der Waals surface area contributed by atoms with Crippen LogP contribution in [-0.2, 0) is 11.3 Å². The molecule has 0 spiro atoms. The molecule has 1 atom stereocenters. The summed E-state index contributed by atoms with van der Waals surface area (Å²) in [6, 6.07) is 7.21. The molecule has 0 fully saturated rings. The number of imide groups is 1. The second kappa shape index (κ2) is 8.03. The van der Waals surface area contributed by atoms with Crippen molar-refractivity contribution in [1.29, 1.82) is 0 Å². The van der Waals surface area contributed by atoms with Crippen LogP contribution in [0.4, 0.5) is 4.79 Å². The number of fused-ring (bicyclic) bond motifs is 2. The second-order valence-electron chi connectivity index (χ2n) is 6.63. The summed E-state index contributed by atoms with van der Waals surface area (Å²) in [5.41, 5.74) is 2.28. The Morgan fingerprint density at radius 2 is 2.27 bits per heavy atom. The lowest BCUT2D eigenvalue weighted by Gasteiger charge is -2.23. The van der Waals surface area contributed by atoms with E-state index in [1.54, 1.807) is 41.4 Å². The second-order valence-corrected chi connectivity index (χ2v) is 7.00. The highest BCUT2D eigenvalue weighted by atomic mass is 35.5. The molecule has 154 valence electrons. The maximum Gasteiger partial charge on any atom is 0.321 e. The van der Waals surface area contributed by atoms with Crippen LogP contribution >= 0.6 is 11.6 Å². The van der Waals surface area contributed by atoms with Gasteiger partial charge in [-0.05, 0) is 23.8 Å². The van der Waals surface area contributed by atoms with Gasteiger partial charge in [0.25, 0.3) is 5.91 Å². The highest BCUT2D eigenvalue weighted by molar-refractivity contribution is 6.35. The van der Waals surface area contributed by atoms with Crippen LogP contribution in [0.3, 0.4) is 0 Å². The van der Waals surface area contributed by atoms with Crippen LogP contribution < -0.4 is 15.4 Å². The molecule has 0 saturated heterocycles. The van der Waals surface area contributed by atoms with E-state index < -0.39 is 12.1 Å². The van der Waals surface area contributed by atoms with E-state index in [2.05, 4.69) is 10.3 Å². The Balaban J connectivity index is 1.63. The van der Waals surface area contributed by atoms with Crippen molar-refractivity contribution in [3.63, 3.8) is 0 Å². The van der Waals surface area contributed by atoms with Crippen LogP contribution in [0, 0.1) is 0 Å². The third-order valence-corrected chi connectivity index (χ3v) is 5.20. The molecule has 0 bridgehead atoms. The van der Waals surface area contributed by atoms with Gasteiger partial charge in [0.1, 0.15) is 23.1 Å². The summed E-state index contributed by atoms with van der Waals surface area (Å²) in [5.74, 6) is 0.525. The number of hydrogen-bond donors (Lipinski definition) is 2. The molecule has 1 aliphatic heterocycles. The van der Waals surface area contributed by atoms with Crippen LogP contribution in [0.25, 0.3) is 11.1 Å². The van der Waals surface area contributed by atoms with E-state index in [0.717, 1.165) is 5.56 Å². The summed E-state index contributed by atoms with van der Waals surface area (Å²) in [6.07, 6.45) is 1.90. The molecule has 9 nitrogen and oxygen atoms in total. The number of rotatable bonds is 6. The summed E-state index contributed by atoms with van der Waals surface area (Å²) in [6.45, 7) is 0.405. The number of halogens is 1. The number of aromatic nitrogens is 1. The number of hydrogen-bond acceptors (Lipinski definition) is 6. The molecule has 4 amide bonds. The minimum absolute atomic E-state index is 0.0955. The number of nitrogens with zero attached hydrogens (tertiary/aromatic N) is 2. The van der Waals surface area contributed by atoms with Gasteiger partial charge in [-0.1, -0.05) is 17.7 Å². The predicted molar refractivity (Wildman–Crippen MR) is 107 cm³/mol. The SMILES string of the molecule is COc1ccc2c(c1Cl)C(=O)N(C[C@H](NC(=O)NC=O)c1cc3ncccc3o1)C2. The average molecular weight is 429 g/mol. The van der Waals surface area contributed by atoms with Crippen molar-refractivity contribution in [3.05, 3.63) is 58.4 Å². The standard InChI is InChI=1S/C20H17ClN4O5/c1-29-15-5-4-11-8-25(19(27)17(11)18(15)21)9-13(24-20(28)23-10-26)16-7-12-14(30-16)3-2-6-22-12/h2-7,10,13H,8-9H2,1H3,(H2,23,24,26,28)/t13-/m0/s1. The molecular weight excluding hydrogens is 412 g/mol. The molecule has 0 saturated carbocycles. The molecule has 10 heteroatoms. The maximum atomic E-state index is 13.0. The fourth-order valence-electron chi connectivity index (χ4n) is 3.44. The van der Waals surface area contributed by atoms with Gasteiger partial charge in [0.2, 0.25) is 6.41 Å². The van der Waals surface area contributed by atoms with Crippen molar-refractivity contribution in [1.82, 2.24) is 20.5 Å². The monoisotopic (exact) mass is 428 g/mol. The van der Waals surface area contributed by atoms with E-state index in [4.69, 9.17) is 20.8 Å². The molecule has 30 heavy (non-hydrogen) atoms. The zero-order valence-corrected chi connectivity index (χ0v) is 16.6. The molecule has 0 radical (unpaired) electrons. The molecule has 3 heterocycles. The first kappa shape index (κ1) is 19.7. The molecule has 0 aliphatic carbocycles. The Kier molecular flexibility index (Phi) is 5.28. The van der Waals surface area contributed by atoms with Crippen molar-refractivity contribution in [2.24, 2.45) is 0 Å². The van der Waals surface area contributed by atoms with Crippen LogP contribution in [-0.4, -0.2) is 41.9 Å². The number of methoxy groups -OCH3 is 1. The summed E-state index contributed by atoms with van der Waals surface area (Å²) in [5, 5.41) is 4.93. The molecular formula is C20H17ClN4O5. The van der Waals surface area contributed by atoms with Gasteiger partial charge in [-0.3, -0.25) is 19.9 Å². The molecule has 2 aromatic heterocycles. The van der Waals surface area contributed by atoms with Gasteiger partial charge in [0, 0.05) is 25.4 Å². The van der Waals surface area contributed by atoms with Crippen molar-refractivity contribution < 1.29 is 23.5 Å². The van der Waals surface area contributed by atoms with Gasteiger partial charge in [-0.15, -0.1) is 0 Å². The van der Waals surface area contributed by atoms with E-state index in [0.29, 0.717) is 34.7 Å². The Hall–Kier alpha value is -3.59. The Morgan fingerprint density at radius 1 is 1.43 bits per heavy atom. The Morgan fingerprint density at radius 3 is 3.00 bits per heavy atom. The van der Waals surface area contributed by atoms with E-state index in [-0.39, 0.29) is 23.9 Å². The first-order chi connectivity index (χ1) is 14.5. The Labute approximate surface area is 175 Å². The summed E-state index contributed by atoms with van der Waals surface area (Å²) < 4.78 is 11.0. The first-order valence-electron chi connectivity index (χ1n) is 9.01. The lowest BCUT2D eigenvalue weighted by atomic mass is 10.1. The van der Waals surface area contributed by atoms with Crippen molar-refractivity contribution in [2.75, 3.05) is 13.7 Å². The maximum absolute atomic E-state index is 13.0. The zero-order chi connectivity index (χ0) is 21.3. The number of carbonyl (C=O) groups is 3. The predicted octanol–water partition coefficient (Wildman–Crippen LogP) is 2.64. The number of furan rings is 1. The van der Waals surface area contributed by atoms with Gasteiger partial charge in [0.15, 0.2) is 5.58 Å². The largest absolute Gasteiger partial charge is 0.495 e. The van der Waals surface area contributed by atoms with Crippen molar-refractivity contribution in [2.45, 2.75) is 12.6 Å². The summed E-state index contributed by atoms with van der Waals surface area (Å²) in [4.78, 5) is 41.4. The van der Waals surface area contributed by atoms with E-state index in [1.807, 2.05) is 5.32 Å². The van der Waals surface area contributed by atoms with Gasteiger partial charge in [-0.2, -0.15) is 0 Å². The van der Waals surface area contributed by atoms with Gasteiger partial charge in [-0.25, -0.2) is 4.79 Å². The highest BCUT2D eigenvalue weighted by Crippen LogP contribution is 2.36. The minimum Gasteiger partial charge on any atom is -0.495 e. The minimum atomic E-state index is -0.724. The van der Waals surface area contributed by atoms with Gasteiger partial charge < -0.3 is 19.4 Å². The lowest BCUT2D eigenvalue weighted by Crippen LogP contribution is -2.42. The van der Waals surface area contributed by atoms with E-state index in [9.17, 15) is 14.4 Å². The highest BCUT2D eigenvalue weighted by Gasteiger charge is 2.34. The fourth-order valence-corrected chi connectivity index (χ4v) is 3.78. The topological polar surface area (TPSA) is 114 Å². The lowest BCUT2D eigenvalue weighted by molar-refractivity contribution is -0.108. The van der Waals surface area contributed by atoms with Crippen LogP contribution in [0.15, 0.2) is 40.9 Å². The van der Waals surface area contributed by atoms with Gasteiger partial charge in [0.05, 0.1) is 17.7 Å². The summed E-state index contributed by atoms with van der Waals surface area (Å²) >= 11 is 6.33. The molecule has 1 aromatic carbocycles. The van der Waals surface area contributed by atoms with E-state index >= 15 is 0 Å². The smallest absolute Gasteiger partial charge is 0.321 e. The van der Waals surface area contributed by atoms with Crippen LogP contribution in [0.1, 0.15) is 27.7 Å². The fraction of sp³-hybridized carbons (Fsp3) is 0.200. The normalized spacial score (nSPS) is 13.8. The quantitative estimate of drug-likeness (QED) is 0.583. The first-order valence-corrected chi connectivity index (χ1v) is 9.39. The molecule has 4 rings (SSSR count). The number of urea groups is 1. The number of carbonyl (C=O) groups excluding carboxylic acids is 3. The van der Waals surface area contributed by atoms with Crippen molar-refractivity contribution >= 4 is 41.0 Å². The number of nitrogens with one attached hydrogen (secondary N) is 2. The number of pyridine rings is 1. The average Bonchev–Trinajstić information content (AvgIpc) is 3.30. The molecule has 2 N–H and O–H groups in total. The van der Waals surface area contributed by atoms with Crippen LogP contribution in [0.2, 0.25) is 5.02 Å². The van der Waals surface area contributed by atoms with E-state index in [1.165, 1.54) is 7.11 Å². The zero-order valence-electron chi connectivity index (χ0n) is 15.8. The number of benzene rings is 1. The third kappa shape index (κ3) is 3.55. The van der Waals surface area contributed by atoms with Crippen molar-refractivity contribution in [3.8, 4) is 5.75 Å². The summed E-state index contributed by atoms with van der Waals surface area (Å²) in [7, 11) is 1.48. The molecule has 3 aromatic rings. The number of ether oxygens (including phenoxy) is 1. The Bertz CT molecular complexity index is 1110. The van der Waals surface area contributed by atoms with Crippen LogP contribution in [0.5, 0.6) is 5.75 Å².